The highest BCUT2D eigenvalue weighted by atomic mass is 32.1. The third kappa shape index (κ3) is 3.50. The standard InChI is InChI=1S/C18H25N3OS/c1-12(2)11-13-7-8-14-15(19)16(23-17(14)20-13)18(22)21-9-5-3-4-6-10-21/h7-8,12H,3-6,9-11,19H2,1-2H3. The molecule has 23 heavy (non-hydrogen) atoms. The summed E-state index contributed by atoms with van der Waals surface area (Å²) in [7, 11) is 0. The second-order valence-corrected chi connectivity index (χ2v) is 7.80. The summed E-state index contributed by atoms with van der Waals surface area (Å²) in [6.45, 7) is 6.06. The summed E-state index contributed by atoms with van der Waals surface area (Å²) in [5.41, 5.74) is 7.93. The minimum Gasteiger partial charge on any atom is -0.397 e. The summed E-state index contributed by atoms with van der Waals surface area (Å²) < 4.78 is 0. The van der Waals surface area contributed by atoms with Gasteiger partial charge in [-0.3, -0.25) is 4.79 Å². The van der Waals surface area contributed by atoms with E-state index in [1.165, 1.54) is 24.2 Å². The van der Waals surface area contributed by atoms with Crippen LogP contribution < -0.4 is 5.73 Å². The molecular weight excluding hydrogens is 306 g/mol. The van der Waals surface area contributed by atoms with Crippen LogP contribution in [0.3, 0.4) is 0 Å². The summed E-state index contributed by atoms with van der Waals surface area (Å²) in [6, 6.07) is 4.05. The first-order valence-electron chi connectivity index (χ1n) is 8.53. The molecule has 0 bridgehead atoms. The molecule has 0 aromatic carbocycles. The molecule has 1 fully saturated rings. The highest BCUT2D eigenvalue weighted by Gasteiger charge is 2.23. The number of carbonyl (C=O) groups is 1. The quantitative estimate of drug-likeness (QED) is 0.921. The van der Waals surface area contributed by atoms with E-state index in [4.69, 9.17) is 10.7 Å². The molecule has 3 rings (SSSR count). The molecule has 1 aliphatic heterocycles. The maximum Gasteiger partial charge on any atom is 0.266 e. The van der Waals surface area contributed by atoms with Crippen molar-refractivity contribution in [3.05, 3.63) is 22.7 Å². The smallest absolute Gasteiger partial charge is 0.266 e. The van der Waals surface area contributed by atoms with E-state index >= 15 is 0 Å². The fourth-order valence-electron chi connectivity index (χ4n) is 3.14. The molecule has 3 heterocycles. The van der Waals surface area contributed by atoms with Crippen LogP contribution in [0.15, 0.2) is 12.1 Å². The fourth-order valence-corrected chi connectivity index (χ4v) is 4.22. The molecule has 1 aliphatic rings. The lowest BCUT2D eigenvalue weighted by molar-refractivity contribution is 0.0767. The second kappa shape index (κ2) is 6.87. The fraction of sp³-hybridized carbons (Fsp3) is 0.556. The van der Waals surface area contributed by atoms with Crippen LogP contribution in [-0.2, 0) is 6.42 Å². The number of anilines is 1. The summed E-state index contributed by atoms with van der Waals surface area (Å²) in [5.74, 6) is 0.647. The number of amides is 1. The molecule has 0 radical (unpaired) electrons. The van der Waals surface area contributed by atoms with Crippen molar-refractivity contribution in [2.24, 2.45) is 5.92 Å². The van der Waals surface area contributed by atoms with Crippen LogP contribution in [0.2, 0.25) is 0 Å². The van der Waals surface area contributed by atoms with Gasteiger partial charge >= 0.3 is 0 Å². The Labute approximate surface area is 141 Å². The number of nitrogens with two attached hydrogens (primary N) is 1. The number of fused-ring (bicyclic) bond motifs is 1. The van der Waals surface area contributed by atoms with Gasteiger partial charge in [0.2, 0.25) is 0 Å². The molecule has 4 nitrogen and oxygen atoms in total. The number of rotatable bonds is 3. The average Bonchev–Trinajstić information content (AvgIpc) is 2.70. The van der Waals surface area contributed by atoms with Crippen LogP contribution in [0, 0.1) is 5.92 Å². The Kier molecular flexibility index (Phi) is 4.85. The Bertz CT molecular complexity index is 700. The number of aromatic nitrogens is 1. The van der Waals surface area contributed by atoms with E-state index in [-0.39, 0.29) is 5.91 Å². The van der Waals surface area contributed by atoms with Gasteiger partial charge in [-0.1, -0.05) is 26.7 Å². The number of carbonyl (C=O) groups excluding carboxylic acids is 1. The predicted octanol–water partition coefficient (Wildman–Crippen LogP) is 4.09. The lowest BCUT2D eigenvalue weighted by atomic mass is 10.1. The van der Waals surface area contributed by atoms with Crippen LogP contribution in [-0.4, -0.2) is 28.9 Å². The Morgan fingerprint density at radius 2 is 1.96 bits per heavy atom. The SMILES string of the molecule is CC(C)Cc1ccc2c(N)c(C(=O)N3CCCCCC3)sc2n1. The van der Waals surface area contributed by atoms with Crippen molar-refractivity contribution in [1.29, 1.82) is 0 Å². The zero-order chi connectivity index (χ0) is 16.4. The van der Waals surface area contributed by atoms with Gasteiger partial charge in [-0.15, -0.1) is 11.3 Å². The highest BCUT2D eigenvalue weighted by molar-refractivity contribution is 7.21. The molecule has 1 amide bonds. The van der Waals surface area contributed by atoms with Crippen molar-refractivity contribution in [1.82, 2.24) is 9.88 Å². The minimum absolute atomic E-state index is 0.0813. The first-order valence-corrected chi connectivity index (χ1v) is 9.35. The van der Waals surface area contributed by atoms with Crippen molar-refractivity contribution >= 4 is 33.1 Å². The van der Waals surface area contributed by atoms with Gasteiger partial charge in [0, 0.05) is 24.2 Å². The first-order chi connectivity index (χ1) is 11.1. The van der Waals surface area contributed by atoms with Crippen molar-refractivity contribution < 1.29 is 4.79 Å². The number of nitrogen functional groups attached to an aromatic ring is 1. The van der Waals surface area contributed by atoms with Crippen LogP contribution in [0.4, 0.5) is 5.69 Å². The lowest BCUT2D eigenvalue weighted by Gasteiger charge is -2.19. The third-order valence-electron chi connectivity index (χ3n) is 4.36. The van der Waals surface area contributed by atoms with Gasteiger partial charge < -0.3 is 10.6 Å². The molecule has 124 valence electrons. The Morgan fingerprint density at radius 1 is 1.26 bits per heavy atom. The average molecular weight is 331 g/mol. The van der Waals surface area contributed by atoms with Gasteiger partial charge in [-0.2, -0.15) is 0 Å². The van der Waals surface area contributed by atoms with Crippen LogP contribution >= 0.6 is 11.3 Å². The van der Waals surface area contributed by atoms with Crippen LogP contribution in [0.1, 0.15) is 54.9 Å². The molecule has 0 aliphatic carbocycles. The zero-order valence-corrected chi connectivity index (χ0v) is 14.8. The van der Waals surface area contributed by atoms with E-state index in [0.717, 1.165) is 48.3 Å². The zero-order valence-electron chi connectivity index (χ0n) is 14.0. The second-order valence-electron chi connectivity index (χ2n) is 6.80. The summed E-state index contributed by atoms with van der Waals surface area (Å²) in [5, 5.41) is 0.917. The lowest BCUT2D eigenvalue weighted by Crippen LogP contribution is -2.31. The van der Waals surface area contributed by atoms with E-state index in [1.54, 1.807) is 0 Å². The van der Waals surface area contributed by atoms with Crippen molar-refractivity contribution in [2.45, 2.75) is 46.0 Å². The van der Waals surface area contributed by atoms with E-state index in [9.17, 15) is 4.79 Å². The topological polar surface area (TPSA) is 59.2 Å². The Morgan fingerprint density at radius 3 is 2.61 bits per heavy atom. The number of nitrogens with zero attached hydrogens (tertiary/aromatic N) is 2. The van der Waals surface area contributed by atoms with Gasteiger partial charge in [0.1, 0.15) is 9.71 Å². The summed E-state index contributed by atoms with van der Waals surface area (Å²) in [6.07, 6.45) is 5.56. The van der Waals surface area contributed by atoms with Gasteiger partial charge in [-0.25, -0.2) is 4.98 Å². The maximum absolute atomic E-state index is 12.8. The van der Waals surface area contributed by atoms with E-state index in [0.29, 0.717) is 16.5 Å². The summed E-state index contributed by atoms with van der Waals surface area (Å²) in [4.78, 5) is 21.1. The Hall–Kier alpha value is -1.62. The maximum atomic E-state index is 12.8. The molecule has 0 spiro atoms. The van der Waals surface area contributed by atoms with E-state index in [2.05, 4.69) is 13.8 Å². The van der Waals surface area contributed by atoms with Gasteiger partial charge in [0.05, 0.1) is 5.69 Å². The minimum atomic E-state index is 0.0813. The molecule has 5 heteroatoms. The van der Waals surface area contributed by atoms with Crippen molar-refractivity contribution in [3.63, 3.8) is 0 Å². The van der Waals surface area contributed by atoms with Crippen molar-refractivity contribution in [3.8, 4) is 0 Å². The van der Waals surface area contributed by atoms with E-state index < -0.39 is 0 Å². The molecule has 2 aromatic rings. The largest absolute Gasteiger partial charge is 0.397 e. The molecule has 2 N–H and O–H groups in total. The van der Waals surface area contributed by atoms with Crippen LogP contribution in [0.5, 0.6) is 0 Å². The number of hydrogen-bond donors (Lipinski definition) is 1. The van der Waals surface area contributed by atoms with Crippen molar-refractivity contribution in [2.75, 3.05) is 18.8 Å². The molecule has 0 atom stereocenters. The third-order valence-corrected chi connectivity index (χ3v) is 5.46. The molecule has 2 aromatic heterocycles. The molecule has 0 unspecified atom stereocenters. The summed E-state index contributed by atoms with van der Waals surface area (Å²) >= 11 is 1.45. The van der Waals surface area contributed by atoms with E-state index in [1.807, 2.05) is 17.0 Å². The normalized spacial score (nSPS) is 16.0. The van der Waals surface area contributed by atoms with Gasteiger partial charge in [0.25, 0.3) is 5.91 Å². The van der Waals surface area contributed by atoms with Crippen LogP contribution in [0.25, 0.3) is 10.2 Å². The monoisotopic (exact) mass is 331 g/mol. The number of pyridine rings is 1. The predicted molar refractivity (Wildman–Crippen MR) is 96.9 cm³/mol. The van der Waals surface area contributed by atoms with Gasteiger partial charge in [0.15, 0.2) is 0 Å². The van der Waals surface area contributed by atoms with Gasteiger partial charge in [-0.05, 0) is 37.3 Å². The number of hydrogen-bond acceptors (Lipinski definition) is 4. The Balaban J connectivity index is 1.91. The molecule has 0 saturated carbocycles. The molecular formula is C18H25N3OS. The highest BCUT2D eigenvalue weighted by Crippen LogP contribution is 2.34. The first kappa shape index (κ1) is 16.2. The number of likely N-dealkylation sites (tertiary alicyclic amines) is 1. The number of thiophene rings is 1. The molecule has 1 saturated heterocycles.